The summed E-state index contributed by atoms with van der Waals surface area (Å²) in [5, 5.41) is 0. The van der Waals surface area contributed by atoms with Crippen LogP contribution in [0, 0.1) is 17.3 Å². The first-order chi connectivity index (χ1) is 13.1. The van der Waals surface area contributed by atoms with Gasteiger partial charge in [-0.05, 0) is 59.7 Å². The molecule has 2 aromatic rings. The molecule has 0 amide bonds. The van der Waals surface area contributed by atoms with Gasteiger partial charge in [0.25, 0.3) is 0 Å². The Hall–Kier alpha value is -0.940. The molecule has 2 atom stereocenters. The molecule has 2 aromatic carbocycles. The van der Waals surface area contributed by atoms with Gasteiger partial charge >= 0.3 is 5.97 Å². The number of alkyl halides is 3. The molecule has 0 aromatic heterocycles. The predicted molar refractivity (Wildman–Crippen MR) is 116 cm³/mol. The van der Waals surface area contributed by atoms with Crippen molar-refractivity contribution in [1.82, 2.24) is 0 Å². The molecule has 0 aliphatic heterocycles. The molecule has 0 bridgehead atoms. The minimum absolute atomic E-state index is 0.000396. The SMILES string of the molecule is CC1(C)C(CC(Cl)(Cl)Cl)C1C(=O)OCc1cccc(Oc2ccc(Br)cc2)c1. The second-order valence-corrected chi connectivity index (χ2v) is 11.0. The fourth-order valence-electron chi connectivity index (χ4n) is 3.42. The molecular formula is C21H20BrCl3O3. The van der Waals surface area contributed by atoms with E-state index in [2.05, 4.69) is 15.9 Å². The van der Waals surface area contributed by atoms with E-state index in [1.807, 2.05) is 62.4 Å². The van der Waals surface area contributed by atoms with Gasteiger partial charge in [-0.25, -0.2) is 0 Å². The molecule has 0 saturated heterocycles. The number of hydrogen-bond acceptors (Lipinski definition) is 3. The van der Waals surface area contributed by atoms with Gasteiger partial charge in [-0.15, -0.1) is 0 Å². The Morgan fingerprint density at radius 1 is 1.11 bits per heavy atom. The van der Waals surface area contributed by atoms with Crippen molar-refractivity contribution in [1.29, 1.82) is 0 Å². The molecule has 0 radical (unpaired) electrons. The molecule has 7 heteroatoms. The molecule has 3 nitrogen and oxygen atoms in total. The number of benzene rings is 2. The number of halogens is 4. The maximum atomic E-state index is 12.5. The van der Waals surface area contributed by atoms with Gasteiger partial charge in [-0.2, -0.15) is 0 Å². The summed E-state index contributed by atoms with van der Waals surface area (Å²) in [4.78, 5) is 12.5. The van der Waals surface area contributed by atoms with Crippen LogP contribution in [0.25, 0.3) is 0 Å². The number of hydrogen-bond donors (Lipinski definition) is 0. The van der Waals surface area contributed by atoms with Crippen LogP contribution in [0.1, 0.15) is 25.8 Å². The van der Waals surface area contributed by atoms with E-state index in [-0.39, 0.29) is 29.8 Å². The Balaban J connectivity index is 1.57. The standard InChI is InChI=1S/C21H20BrCl3O3/c1-20(2)17(11-21(23,24)25)18(20)19(26)27-12-13-4-3-5-16(10-13)28-15-8-6-14(22)7-9-15/h3-10,17-18H,11-12H2,1-2H3. The van der Waals surface area contributed by atoms with Crippen molar-refractivity contribution in [2.75, 3.05) is 0 Å². The predicted octanol–water partition coefficient (Wildman–Crippen LogP) is 7.32. The van der Waals surface area contributed by atoms with Crippen molar-refractivity contribution in [3.05, 3.63) is 58.6 Å². The molecule has 0 spiro atoms. The zero-order chi connectivity index (χ0) is 20.5. The van der Waals surface area contributed by atoms with Crippen molar-refractivity contribution in [3.8, 4) is 11.5 Å². The number of carbonyl (C=O) groups is 1. The molecule has 0 N–H and O–H groups in total. The molecule has 3 rings (SSSR count). The van der Waals surface area contributed by atoms with E-state index in [1.54, 1.807) is 0 Å². The van der Waals surface area contributed by atoms with Crippen LogP contribution in [0.15, 0.2) is 53.0 Å². The van der Waals surface area contributed by atoms with Gasteiger partial charge in [-0.1, -0.05) is 76.7 Å². The van der Waals surface area contributed by atoms with Crippen LogP contribution in [0.5, 0.6) is 11.5 Å². The second-order valence-electron chi connectivity index (χ2n) is 7.54. The Morgan fingerprint density at radius 2 is 1.79 bits per heavy atom. The lowest BCUT2D eigenvalue weighted by Gasteiger charge is -2.10. The van der Waals surface area contributed by atoms with Crippen LogP contribution in [0.3, 0.4) is 0 Å². The first-order valence-corrected chi connectivity index (χ1v) is 10.7. The number of ether oxygens (including phenoxy) is 2. The highest BCUT2D eigenvalue weighted by molar-refractivity contribution is 9.10. The van der Waals surface area contributed by atoms with Crippen molar-refractivity contribution in [3.63, 3.8) is 0 Å². The quantitative estimate of drug-likeness (QED) is 0.304. The highest BCUT2D eigenvalue weighted by atomic mass is 79.9. The smallest absolute Gasteiger partial charge is 0.310 e. The molecule has 1 aliphatic carbocycles. The van der Waals surface area contributed by atoms with E-state index in [0.29, 0.717) is 12.2 Å². The number of carbonyl (C=O) groups excluding carboxylic acids is 1. The van der Waals surface area contributed by atoms with Gasteiger partial charge in [0.1, 0.15) is 18.1 Å². The maximum Gasteiger partial charge on any atom is 0.310 e. The Kier molecular flexibility index (Phi) is 6.55. The van der Waals surface area contributed by atoms with E-state index < -0.39 is 3.79 Å². The minimum atomic E-state index is -1.37. The van der Waals surface area contributed by atoms with Gasteiger partial charge in [0.05, 0.1) is 5.92 Å². The van der Waals surface area contributed by atoms with Crippen molar-refractivity contribution < 1.29 is 14.3 Å². The van der Waals surface area contributed by atoms with Crippen LogP contribution >= 0.6 is 50.7 Å². The summed E-state index contributed by atoms with van der Waals surface area (Å²) in [6.07, 6.45) is 0.334. The molecular weight excluding hydrogens is 486 g/mol. The normalized spacial score (nSPS) is 20.5. The monoisotopic (exact) mass is 504 g/mol. The largest absolute Gasteiger partial charge is 0.461 e. The van der Waals surface area contributed by atoms with E-state index in [1.165, 1.54) is 0 Å². The van der Waals surface area contributed by atoms with Gasteiger partial charge < -0.3 is 9.47 Å². The van der Waals surface area contributed by atoms with Crippen molar-refractivity contribution >= 4 is 56.7 Å². The molecule has 2 unspecified atom stereocenters. The Bertz CT molecular complexity index is 847. The van der Waals surface area contributed by atoms with E-state index in [0.717, 1.165) is 15.8 Å². The molecule has 1 saturated carbocycles. The fourth-order valence-corrected chi connectivity index (χ4v) is 4.19. The molecule has 150 valence electrons. The summed E-state index contributed by atoms with van der Waals surface area (Å²) in [5.41, 5.74) is 0.618. The number of rotatable bonds is 6. The highest BCUT2D eigenvalue weighted by Gasteiger charge is 2.63. The van der Waals surface area contributed by atoms with Crippen molar-refractivity contribution in [2.24, 2.45) is 17.3 Å². The van der Waals surface area contributed by atoms with Crippen LogP contribution in [-0.4, -0.2) is 9.76 Å². The molecule has 1 fully saturated rings. The highest BCUT2D eigenvalue weighted by Crippen LogP contribution is 2.63. The van der Waals surface area contributed by atoms with Crippen LogP contribution in [0.2, 0.25) is 0 Å². The van der Waals surface area contributed by atoms with E-state index >= 15 is 0 Å². The summed E-state index contributed by atoms with van der Waals surface area (Å²) in [7, 11) is 0. The second kappa shape index (κ2) is 8.43. The van der Waals surface area contributed by atoms with Crippen molar-refractivity contribution in [2.45, 2.75) is 30.7 Å². The van der Waals surface area contributed by atoms with Gasteiger partial charge in [-0.3, -0.25) is 4.79 Å². The zero-order valence-electron chi connectivity index (χ0n) is 15.4. The average Bonchev–Trinajstić information content (AvgIpc) is 3.13. The van der Waals surface area contributed by atoms with Crippen LogP contribution in [-0.2, 0) is 16.1 Å². The summed E-state index contributed by atoms with van der Waals surface area (Å²) in [5.74, 6) is 0.886. The van der Waals surface area contributed by atoms with E-state index in [9.17, 15) is 4.79 Å². The number of esters is 1. The zero-order valence-corrected chi connectivity index (χ0v) is 19.3. The third kappa shape index (κ3) is 5.56. The lowest BCUT2D eigenvalue weighted by Crippen LogP contribution is -2.11. The third-order valence-corrected chi connectivity index (χ3v) is 6.08. The first-order valence-electron chi connectivity index (χ1n) is 8.82. The molecule has 0 heterocycles. The summed E-state index contributed by atoms with van der Waals surface area (Å²) in [6.45, 7) is 4.16. The maximum absolute atomic E-state index is 12.5. The lowest BCUT2D eigenvalue weighted by molar-refractivity contribution is -0.147. The van der Waals surface area contributed by atoms with Crippen LogP contribution < -0.4 is 4.74 Å². The van der Waals surface area contributed by atoms with E-state index in [4.69, 9.17) is 44.3 Å². The minimum Gasteiger partial charge on any atom is -0.461 e. The summed E-state index contributed by atoms with van der Waals surface area (Å²) in [6, 6.07) is 15.0. The Labute approximate surface area is 188 Å². The van der Waals surface area contributed by atoms with Crippen LogP contribution in [0.4, 0.5) is 0 Å². The van der Waals surface area contributed by atoms with Gasteiger partial charge in [0.2, 0.25) is 0 Å². The average molecular weight is 507 g/mol. The topological polar surface area (TPSA) is 35.5 Å². The lowest BCUT2D eigenvalue weighted by atomic mass is 10.1. The van der Waals surface area contributed by atoms with Gasteiger partial charge in [0.15, 0.2) is 3.79 Å². The first kappa shape index (κ1) is 21.8. The third-order valence-electron chi connectivity index (χ3n) is 5.08. The summed E-state index contributed by atoms with van der Waals surface area (Å²) < 4.78 is 11.0. The molecule has 28 heavy (non-hydrogen) atoms. The summed E-state index contributed by atoms with van der Waals surface area (Å²) >= 11 is 21.1. The fraction of sp³-hybridized carbons (Fsp3) is 0.381. The Morgan fingerprint density at radius 3 is 2.43 bits per heavy atom. The molecule has 1 aliphatic rings. The van der Waals surface area contributed by atoms with Gasteiger partial charge in [0, 0.05) is 4.47 Å².